The Labute approximate surface area is 193 Å². The number of halogens is 3. The summed E-state index contributed by atoms with van der Waals surface area (Å²) in [6.45, 7) is 4.05. The van der Waals surface area contributed by atoms with Gasteiger partial charge in [-0.1, -0.05) is 19.1 Å². The third kappa shape index (κ3) is 7.12. The van der Waals surface area contributed by atoms with Crippen molar-refractivity contribution < 1.29 is 42.5 Å². The lowest BCUT2D eigenvalue weighted by Crippen LogP contribution is -2.32. The van der Waals surface area contributed by atoms with Gasteiger partial charge >= 0.3 is 18.1 Å². The number of para-hydroxylation sites is 1. The molecule has 0 unspecified atom stereocenters. The lowest BCUT2D eigenvalue weighted by molar-refractivity contribution is -0.192. The quantitative estimate of drug-likeness (QED) is 0.574. The van der Waals surface area contributed by atoms with Gasteiger partial charge in [-0.3, -0.25) is 4.79 Å². The number of carbonyl (C=O) groups is 3. The number of benzene rings is 2. The smallest absolute Gasteiger partial charge is 0.490 e. The predicted octanol–water partition coefficient (Wildman–Crippen LogP) is 4.52. The summed E-state index contributed by atoms with van der Waals surface area (Å²) in [6, 6.07) is 12.0. The van der Waals surface area contributed by atoms with Gasteiger partial charge in [0.05, 0.1) is 23.9 Å². The average molecular weight is 482 g/mol. The van der Waals surface area contributed by atoms with E-state index >= 15 is 0 Å². The number of methoxy groups -OCH3 is 1. The number of nitrogens with zero attached hydrogens (tertiary/aromatic N) is 1. The van der Waals surface area contributed by atoms with Gasteiger partial charge in [0.15, 0.2) is 0 Å². The van der Waals surface area contributed by atoms with Gasteiger partial charge in [-0.25, -0.2) is 9.59 Å². The summed E-state index contributed by atoms with van der Waals surface area (Å²) >= 11 is 0. The van der Waals surface area contributed by atoms with Crippen molar-refractivity contribution in [2.75, 3.05) is 30.4 Å². The summed E-state index contributed by atoms with van der Waals surface area (Å²) in [5, 5.41) is 19.4. The maximum Gasteiger partial charge on any atom is 0.490 e. The SMILES string of the molecule is COc1ccccc1C(=O)Nc1ccc(N2CCC(C)CC2)cc1C(=O)O.O=C(O)C(F)(F)F. The van der Waals surface area contributed by atoms with E-state index in [-0.39, 0.29) is 11.3 Å². The minimum atomic E-state index is -5.08. The Morgan fingerprint density at radius 2 is 1.62 bits per heavy atom. The number of aromatic carboxylic acids is 1. The zero-order chi connectivity index (χ0) is 25.5. The second-order valence-corrected chi connectivity index (χ2v) is 7.66. The molecule has 2 aromatic rings. The van der Waals surface area contributed by atoms with Gasteiger partial charge in [-0.2, -0.15) is 13.2 Å². The van der Waals surface area contributed by atoms with Crippen molar-refractivity contribution in [2.24, 2.45) is 5.92 Å². The number of amides is 1. The topological polar surface area (TPSA) is 116 Å². The van der Waals surface area contributed by atoms with E-state index in [0.717, 1.165) is 31.6 Å². The molecule has 1 heterocycles. The number of carboxylic acids is 2. The molecule has 1 saturated heterocycles. The molecule has 0 aromatic heterocycles. The van der Waals surface area contributed by atoms with E-state index < -0.39 is 24.0 Å². The molecule has 1 amide bonds. The molecule has 0 saturated carbocycles. The zero-order valence-corrected chi connectivity index (χ0v) is 18.6. The lowest BCUT2D eigenvalue weighted by Gasteiger charge is -2.32. The van der Waals surface area contributed by atoms with Crippen molar-refractivity contribution in [3.63, 3.8) is 0 Å². The molecular weight excluding hydrogens is 457 g/mol. The molecule has 0 bridgehead atoms. The fourth-order valence-corrected chi connectivity index (χ4v) is 3.30. The molecule has 8 nitrogen and oxygen atoms in total. The Hall–Kier alpha value is -3.76. The van der Waals surface area contributed by atoms with Crippen molar-refractivity contribution in [1.82, 2.24) is 0 Å². The first-order chi connectivity index (χ1) is 15.9. The average Bonchev–Trinajstić information content (AvgIpc) is 2.79. The van der Waals surface area contributed by atoms with Crippen LogP contribution in [-0.2, 0) is 4.79 Å². The fraction of sp³-hybridized carbons (Fsp3) is 0.348. The van der Waals surface area contributed by atoms with Crippen molar-refractivity contribution in [2.45, 2.75) is 25.9 Å². The maximum atomic E-state index is 12.6. The van der Waals surface area contributed by atoms with Crippen LogP contribution in [0.4, 0.5) is 24.5 Å². The summed E-state index contributed by atoms with van der Waals surface area (Å²) in [5.41, 5.74) is 1.57. The molecular formula is C23H25F3N2O6. The highest BCUT2D eigenvalue weighted by atomic mass is 19.4. The Kier molecular flexibility index (Phi) is 8.88. The fourth-order valence-electron chi connectivity index (χ4n) is 3.30. The minimum absolute atomic E-state index is 0.0781. The van der Waals surface area contributed by atoms with Crippen LogP contribution in [0.1, 0.15) is 40.5 Å². The Morgan fingerprint density at radius 3 is 2.15 bits per heavy atom. The van der Waals surface area contributed by atoms with Gasteiger partial charge in [-0.15, -0.1) is 0 Å². The van der Waals surface area contributed by atoms with E-state index in [9.17, 15) is 27.9 Å². The van der Waals surface area contributed by atoms with Crippen molar-refractivity contribution in [3.05, 3.63) is 53.6 Å². The van der Waals surface area contributed by atoms with Gasteiger partial charge < -0.3 is 25.2 Å². The van der Waals surface area contributed by atoms with E-state index in [1.165, 1.54) is 7.11 Å². The second-order valence-electron chi connectivity index (χ2n) is 7.66. The Morgan fingerprint density at radius 1 is 1.03 bits per heavy atom. The molecule has 3 rings (SSSR count). The normalized spacial score (nSPS) is 14.0. The largest absolute Gasteiger partial charge is 0.496 e. The van der Waals surface area contributed by atoms with E-state index in [0.29, 0.717) is 17.2 Å². The minimum Gasteiger partial charge on any atom is -0.496 e. The number of rotatable bonds is 5. The summed E-state index contributed by atoms with van der Waals surface area (Å²) in [6.07, 6.45) is -2.90. The highest BCUT2D eigenvalue weighted by molar-refractivity contribution is 6.09. The maximum absolute atomic E-state index is 12.6. The molecule has 1 fully saturated rings. The van der Waals surface area contributed by atoms with Crippen molar-refractivity contribution in [3.8, 4) is 5.75 Å². The third-order valence-corrected chi connectivity index (χ3v) is 5.22. The van der Waals surface area contributed by atoms with E-state index in [1.807, 2.05) is 6.07 Å². The molecule has 2 aromatic carbocycles. The van der Waals surface area contributed by atoms with E-state index in [4.69, 9.17) is 14.6 Å². The number of piperidine rings is 1. The number of alkyl halides is 3. The monoisotopic (exact) mass is 482 g/mol. The number of carbonyl (C=O) groups excluding carboxylic acids is 1. The number of ether oxygens (including phenoxy) is 1. The molecule has 0 atom stereocenters. The first-order valence-corrected chi connectivity index (χ1v) is 10.3. The number of anilines is 2. The molecule has 3 N–H and O–H groups in total. The number of hydrogen-bond acceptors (Lipinski definition) is 5. The Balaban J connectivity index is 0.000000509. The van der Waals surface area contributed by atoms with Crippen molar-refractivity contribution >= 4 is 29.2 Å². The summed E-state index contributed by atoms with van der Waals surface area (Å²) in [5.74, 6) is -3.11. The lowest BCUT2D eigenvalue weighted by atomic mass is 9.98. The molecule has 184 valence electrons. The summed E-state index contributed by atoms with van der Waals surface area (Å²) in [7, 11) is 1.49. The van der Waals surface area contributed by atoms with Crippen LogP contribution in [0.15, 0.2) is 42.5 Å². The molecule has 0 spiro atoms. The van der Waals surface area contributed by atoms with Gasteiger partial charge in [0.25, 0.3) is 5.91 Å². The van der Waals surface area contributed by atoms with E-state index in [1.54, 1.807) is 36.4 Å². The van der Waals surface area contributed by atoms with Crippen LogP contribution in [0.25, 0.3) is 0 Å². The number of carboxylic acid groups (broad SMARTS) is 2. The van der Waals surface area contributed by atoms with Crippen LogP contribution in [0, 0.1) is 5.92 Å². The summed E-state index contributed by atoms with van der Waals surface area (Å²) < 4.78 is 36.9. The molecule has 11 heteroatoms. The van der Waals surface area contributed by atoms with Crippen LogP contribution >= 0.6 is 0 Å². The highest BCUT2D eigenvalue weighted by Gasteiger charge is 2.38. The van der Waals surface area contributed by atoms with Crippen LogP contribution in [0.5, 0.6) is 5.75 Å². The van der Waals surface area contributed by atoms with Crippen LogP contribution < -0.4 is 15.0 Å². The van der Waals surface area contributed by atoms with Gasteiger partial charge in [0.2, 0.25) is 0 Å². The summed E-state index contributed by atoms with van der Waals surface area (Å²) in [4.78, 5) is 35.4. The number of aliphatic carboxylic acids is 1. The first-order valence-electron chi connectivity index (χ1n) is 10.3. The van der Waals surface area contributed by atoms with Gasteiger partial charge in [-0.05, 0) is 49.1 Å². The second kappa shape index (κ2) is 11.4. The molecule has 1 aliphatic rings. The molecule has 0 radical (unpaired) electrons. The third-order valence-electron chi connectivity index (χ3n) is 5.22. The zero-order valence-electron chi connectivity index (χ0n) is 18.6. The standard InChI is InChI=1S/C21H24N2O4.C2HF3O2/c1-14-9-11-23(12-10-14)15-7-8-18(17(13-15)21(25)26)22-20(24)16-5-3-4-6-19(16)27-2;3-2(4,5)1(6)7/h3-8,13-14H,9-12H2,1-2H3,(H,22,24)(H,25,26);(H,6,7). The number of hydrogen-bond donors (Lipinski definition) is 3. The molecule has 34 heavy (non-hydrogen) atoms. The van der Waals surface area contributed by atoms with Crippen LogP contribution in [-0.4, -0.2) is 54.4 Å². The van der Waals surface area contributed by atoms with Gasteiger partial charge in [0.1, 0.15) is 5.75 Å². The van der Waals surface area contributed by atoms with Gasteiger partial charge in [0, 0.05) is 18.8 Å². The highest BCUT2D eigenvalue weighted by Crippen LogP contribution is 2.28. The molecule has 1 aliphatic heterocycles. The van der Waals surface area contributed by atoms with E-state index in [2.05, 4.69) is 17.1 Å². The molecule has 0 aliphatic carbocycles. The van der Waals surface area contributed by atoms with Crippen LogP contribution in [0.2, 0.25) is 0 Å². The Bertz CT molecular complexity index is 1030. The van der Waals surface area contributed by atoms with Crippen molar-refractivity contribution in [1.29, 1.82) is 0 Å². The first kappa shape index (κ1) is 26.5. The number of nitrogens with one attached hydrogen (secondary N) is 1. The van der Waals surface area contributed by atoms with Crippen LogP contribution in [0.3, 0.4) is 0 Å². The predicted molar refractivity (Wildman–Crippen MR) is 119 cm³/mol.